The number of nitrogens with zero attached hydrogens (tertiary/aromatic N) is 2. The third-order valence-corrected chi connectivity index (χ3v) is 5.30. The molecular formula is C15H24N2OS. The summed E-state index contributed by atoms with van der Waals surface area (Å²) in [6.45, 7) is 4.39. The summed E-state index contributed by atoms with van der Waals surface area (Å²) in [4.78, 5) is 6.45. The number of fused-ring (bicyclic) bond motifs is 1. The van der Waals surface area contributed by atoms with Gasteiger partial charge in [0, 0.05) is 37.2 Å². The van der Waals surface area contributed by atoms with Crippen molar-refractivity contribution in [2.75, 3.05) is 33.8 Å². The molecule has 19 heavy (non-hydrogen) atoms. The van der Waals surface area contributed by atoms with E-state index < -0.39 is 0 Å². The maximum atomic E-state index is 6.07. The smallest absolute Gasteiger partial charge is 0.0782 e. The van der Waals surface area contributed by atoms with Crippen molar-refractivity contribution < 1.29 is 4.74 Å². The Hall–Kier alpha value is -0.420. The Morgan fingerprint density at radius 2 is 2.32 bits per heavy atom. The van der Waals surface area contributed by atoms with E-state index in [0.29, 0.717) is 12.1 Å². The maximum absolute atomic E-state index is 6.07. The maximum Gasteiger partial charge on any atom is 0.0782 e. The average Bonchev–Trinajstić information content (AvgIpc) is 2.90. The number of hydrogen-bond acceptors (Lipinski definition) is 4. The Kier molecular flexibility index (Phi) is 4.22. The first-order valence-electron chi connectivity index (χ1n) is 7.27. The molecule has 0 aliphatic carbocycles. The van der Waals surface area contributed by atoms with Crippen molar-refractivity contribution in [3.63, 3.8) is 0 Å². The van der Waals surface area contributed by atoms with Crippen LogP contribution in [0.3, 0.4) is 0 Å². The molecule has 0 saturated carbocycles. The van der Waals surface area contributed by atoms with Crippen LogP contribution in [0, 0.1) is 5.92 Å². The molecule has 0 aromatic carbocycles. The van der Waals surface area contributed by atoms with E-state index >= 15 is 0 Å². The molecule has 0 N–H and O–H groups in total. The van der Waals surface area contributed by atoms with Crippen LogP contribution in [0.1, 0.15) is 17.7 Å². The van der Waals surface area contributed by atoms with Crippen molar-refractivity contribution >= 4 is 11.3 Å². The number of thiophene rings is 1. The second kappa shape index (κ2) is 5.92. The van der Waals surface area contributed by atoms with Crippen molar-refractivity contribution in [1.82, 2.24) is 9.80 Å². The van der Waals surface area contributed by atoms with Gasteiger partial charge in [-0.3, -0.25) is 4.90 Å². The molecule has 1 aromatic rings. The van der Waals surface area contributed by atoms with Gasteiger partial charge in [-0.05, 0) is 44.3 Å². The molecule has 3 heterocycles. The highest BCUT2D eigenvalue weighted by atomic mass is 32.1. The van der Waals surface area contributed by atoms with Crippen LogP contribution in [0.4, 0.5) is 0 Å². The van der Waals surface area contributed by atoms with Gasteiger partial charge in [0.1, 0.15) is 0 Å². The Morgan fingerprint density at radius 3 is 3.05 bits per heavy atom. The highest BCUT2D eigenvalue weighted by molar-refractivity contribution is 7.09. The first-order chi connectivity index (χ1) is 9.24. The number of piperidine rings is 1. The molecule has 1 aromatic heterocycles. The molecule has 3 rings (SSSR count). The van der Waals surface area contributed by atoms with Crippen molar-refractivity contribution in [3.05, 3.63) is 22.4 Å². The predicted octanol–water partition coefficient (Wildman–Crippen LogP) is 2.29. The average molecular weight is 280 g/mol. The van der Waals surface area contributed by atoms with E-state index in [1.54, 1.807) is 0 Å². The van der Waals surface area contributed by atoms with Crippen molar-refractivity contribution in [3.8, 4) is 0 Å². The van der Waals surface area contributed by atoms with Gasteiger partial charge in [0.15, 0.2) is 0 Å². The third kappa shape index (κ3) is 3.02. The minimum atomic E-state index is 0.448. The highest BCUT2D eigenvalue weighted by Gasteiger charge is 2.40. The zero-order valence-corrected chi connectivity index (χ0v) is 12.7. The molecule has 2 fully saturated rings. The zero-order chi connectivity index (χ0) is 13.2. The number of likely N-dealkylation sites (tertiary alicyclic amines) is 1. The van der Waals surface area contributed by atoms with E-state index in [1.165, 1.54) is 24.3 Å². The minimum Gasteiger partial charge on any atom is -0.376 e. The lowest BCUT2D eigenvalue weighted by atomic mass is 9.85. The summed E-state index contributed by atoms with van der Waals surface area (Å²) in [6.07, 6.45) is 3.01. The second-order valence-electron chi connectivity index (χ2n) is 6.04. The minimum absolute atomic E-state index is 0.448. The van der Waals surface area contributed by atoms with Crippen LogP contribution >= 0.6 is 11.3 Å². The van der Waals surface area contributed by atoms with Crippen LogP contribution in [-0.4, -0.2) is 55.7 Å². The van der Waals surface area contributed by atoms with E-state index in [-0.39, 0.29) is 0 Å². The summed E-state index contributed by atoms with van der Waals surface area (Å²) in [5, 5.41) is 2.18. The zero-order valence-electron chi connectivity index (χ0n) is 11.9. The third-order valence-electron chi connectivity index (χ3n) is 4.43. The van der Waals surface area contributed by atoms with E-state index in [1.807, 2.05) is 11.3 Å². The molecule has 0 spiro atoms. The molecule has 0 radical (unpaired) electrons. The van der Waals surface area contributed by atoms with Crippen molar-refractivity contribution in [2.45, 2.75) is 31.5 Å². The number of ether oxygens (including phenoxy) is 1. The van der Waals surface area contributed by atoms with Gasteiger partial charge in [-0.1, -0.05) is 6.07 Å². The Balaban J connectivity index is 1.70. The van der Waals surface area contributed by atoms with Crippen LogP contribution < -0.4 is 0 Å². The molecule has 2 aliphatic rings. The predicted molar refractivity (Wildman–Crippen MR) is 79.5 cm³/mol. The molecule has 3 nitrogen and oxygen atoms in total. The van der Waals surface area contributed by atoms with Gasteiger partial charge in [0.25, 0.3) is 0 Å². The summed E-state index contributed by atoms with van der Waals surface area (Å²) in [5.74, 6) is 0.717. The molecular weight excluding hydrogens is 256 g/mol. The highest BCUT2D eigenvalue weighted by Crippen LogP contribution is 2.31. The van der Waals surface area contributed by atoms with Crippen LogP contribution in [0.5, 0.6) is 0 Å². The molecule has 4 heteroatoms. The quantitative estimate of drug-likeness (QED) is 0.845. The van der Waals surface area contributed by atoms with Crippen molar-refractivity contribution in [2.24, 2.45) is 5.92 Å². The lowest BCUT2D eigenvalue weighted by molar-refractivity contribution is -0.107. The lowest BCUT2D eigenvalue weighted by Crippen LogP contribution is -2.59. The fourth-order valence-corrected chi connectivity index (χ4v) is 4.22. The Bertz CT molecular complexity index is 393. The van der Waals surface area contributed by atoms with Gasteiger partial charge in [-0.15, -0.1) is 11.3 Å². The van der Waals surface area contributed by atoms with Crippen LogP contribution in [-0.2, 0) is 11.3 Å². The largest absolute Gasteiger partial charge is 0.376 e. The van der Waals surface area contributed by atoms with Gasteiger partial charge in [0.2, 0.25) is 0 Å². The first kappa shape index (κ1) is 13.6. The molecule has 0 bridgehead atoms. The number of rotatable bonds is 3. The standard InChI is InChI=1S/C15H24N2OS/c1-16(2)14-11-17(10-13-6-4-8-19-13)9-12-5-3-7-18-15(12)14/h4,6,8,12,14-15H,3,5,7,9-11H2,1-2H3/t12-,14+,15-/m0/s1. The first-order valence-corrected chi connectivity index (χ1v) is 8.15. The fraction of sp³-hybridized carbons (Fsp3) is 0.733. The summed E-state index contributed by atoms with van der Waals surface area (Å²) < 4.78 is 6.07. The molecule has 2 aliphatic heterocycles. The Morgan fingerprint density at radius 1 is 1.42 bits per heavy atom. The summed E-state index contributed by atoms with van der Waals surface area (Å²) in [6, 6.07) is 4.94. The number of likely N-dealkylation sites (N-methyl/N-ethyl adjacent to an activating group) is 1. The monoisotopic (exact) mass is 280 g/mol. The lowest BCUT2D eigenvalue weighted by Gasteiger charge is -2.48. The summed E-state index contributed by atoms with van der Waals surface area (Å²) in [7, 11) is 4.38. The van der Waals surface area contributed by atoms with Crippen molar-refractivity contribution in [1.29, 1.82) is 0 Å². The van der Waals surface area contributed by atoms with E-state index in [2.05, 4.69) is 41.4 Å². The molecule has 2 saturated heterocycles. The summed E-state index contributed by atoms with van der Waals surface area (Å²) in [5.41, 5.74) is 0. The van der Waals surface area contributed by atoms with E-state index in [4.69, 9.17) is 4.74 Å². The van der Waals surface area contributed by atoms with Crippen LogP contribution in [0.2, 0.25) is 0 Å². The molecule has 0 amide bonds. The number of hydrogen-bond donors (Lipinski definition) is 0. The topological polar surface area (TPSA) is 15.7 Å². The molecule has 3 atom stereocenters. The van der Waals surface area contributed by atoms with Gasteiger partial charge >= 0.3 is 0 Å². The Labute approximate surface area is 120 Å². The molecule has 106 valence electrons. The SMILES string of the molecule is CN(C)[C@@H]1CN(Cc2cccs2)C[C@@H]2CCCO[C@@H]21. The van der Waals surface area contributed by atoms with Crippen LogP contribution in [0.25, 0.3) is 0 Å². The second-order valence-corrected chi connectivity index (χ2v) is 7.07. The summed E-state index contributed by atoms with van der Waals surface area (Å²) >= 11 is 1.87. The van der Waals surface area contributed by atoms with Gasteiger partial charge in [-0.25, -0.2) is 0 Å². The van der Waals surface area contributed by atoms with Gasteiger partial charge in [-0.2, -0.15) is 0 Å². The molecule has 0 unspecified atom stereocenters. The van der Waals surface area contributed by atoms with E-state index in [9.17, 15) is 0 Å². The van der Waals surface area contributed by atoms with Gasteiger partial charge < -0.3 is 9.64 Å². The van der Waals surface area contributed by atoms with Gasteiger partial charge in [0.05, 0.1) is 6.10 Å². The normalized spacial score (nSPS) is 32.5. The van der Waals surface area contributed by atoms with E-state index in [0.717, 1.165) is 25.6 Å². The fourth-order valence-electron chi connectivity index (χ4n) is 3.47. The van der Waals surface area contributed by atoms with Crippen LogP contribution in [0.15, 0.2) is 17.5 Å².